The van der Waals surface area contributed by atoms with Crippen molar-refractivity contribution in [1.82, 2.24) is 4.98 Å². The Morgan fingerprint density at radius 1 is 1.03 bits per heavy atom. The molecule has 162 valence electrons. The predicted octanol–water partition coefficient (Wildman–Crippen LogP) is 5.94. The van der Waals surface area contributed by atoms with Gasteiger partial charge >= 0.3 is 12.1 Å². The number of anilines is 1. The number of aliphatic carboxylic acids is 1. The van der Waals surface area contributed by atoms with Gasteiger partial charge in [-0.1, -0.05) is 47.7 Å². The molecule has 1 saturated heterocycles. The van der Waals surface area contributed by atoms with Crippen molar-refractivity contribution in [3.05, 3.63) is 59.2 Å². The fourth-order valence-electron chi connectivity index (χ4n) is 3.65. The number of aromatic nitrogens is 1. The molecule has 1 unspecified atom stereocenters. The molecule has 4 nitrogen and oxygen atoms in total. The fraction of sp³-hybridized carbons (Fsp3) is 0.273. The van der Waals surface area contributed by atoms with Gasteiger partial charge in [-0.05, 0) is 36.1 Å². The van der Waals surface area contributed by atoms with Crippen LogP contribution in [0.1, 0.15) is 17.7 Å². The molecule has 1 atom stereocenters. The van der Waals surface area contributed by atoms with Crippen LogP contribution in [0.2, 0.25) is 0 Å². The summed E-state index contributed by atoms with van der Waals surface area (Å²) in [7, 11) is 0. The van der Waals surface area contributed by atoms with Gasteiger partial charge in [0.25, 0.3) is 0 Å². The second kappa shape index (κ2) is 8.30. The zero-order valence-corrected chi connectivity index (χ0v) is 17.0. The van der Waals surface area contributed by atoms with Gasteiger partial charge in [-0.25, -0.2) is 9.37 Å². The van der Waals surface area contributed by atoms with Gasteiger partial charge < -0.3 is 10.0 Å². The van der Waals surface area contributed by atoms with E-state index >= 15 is 0 Å². The zero-order chi connectivity index (χ0) is 22.2. The van der Waals surface area contributed by atoms with E-state index in [1.54, 1.807) is 41.3 Å². The smallest absolute Gasteiger partial charge is 0.427 e. The molecule has 2 heterocycles. The van der Waals surface area contributed by atoms with Crippen molar-refractivity contribution < 1.29 is 27.5 Å². The first-order chi connectivity index (χ1) is 14.7. The van der Waals surface area contributed by atoms with Gasteiger partial charge in [0.05, 0.1) is 11.6 Å². The lowest BCUT2D eigenvalue weighted by Gasteiger charge is -2.30. The summed E-state index contributed by atoms with van der Waals surface area (Å²) in [5, 5.41) is 9.44. The van der Waals surface area contributed by atoms with E-state index in [0.29, 0.717) is 36.3 Å². The normalized spacial score (nSPS) is 17.0. The van der Waals surface area contributed by atoms with E-state index in [1.807, 2.05) is 0 Å². The molecule has 1 N–H and O–H groups in total. The third kappa shape index (κ3) is 4.56. The van der Waals surface area contributed by atoms with Crippen molar-refractivity contribution in [1.29, 1.82) is 0 Å². The Balaban J connectivity index is 1.67. The first-order valence-corrected chi connectivity index (χ1v) is 10.5. The standard InChI is InChI=1S/C22H18F4N2O2S/c23-17-9-7-14(8-10-17)13-3-5-15(6-4-13)18-19(22(24,25)26)31-21(27-18)28-11-1-2-16(12-28)20(29)30/h3-10,16H,1-2,11-12H2,(H,29,30). The van der Waals surface area contributed by atoms with Crippen LogP contribution < -0.4 is 4.90 Å². The maximum Gasteiger partial charge on any atom is 0.427 e. The van der Waals surface area contributed by atoms with E-state index in [-0.39, 0.29) is 23.2 Å². The van der Waals surface area contributed by atoms with Gasteiger partial charge in [-0.3, -0.25) is 4.79 Å². The van der Waals surface area contributed by atoms with Crippen LogP contribution in [0.25, 0.3) is 22.4 Å². The van der Waals surface area contributed by atoms with Gasteiger partial charge in [-0.2, -0.15) is 13.2 Å². The number of carboxylic acid groups (broad SMARTS) is 1. The molecule has 2 aromatic carbocycles. The SMILES string of the molecule is O=C(O)C1CCCN(c2nc(-c3ccc(-c4ccc(F)cc4)cc3)c(C(F)(F)F)s2)C1. The Morgan fingerprint density at radius 2 is 1.61 bits per heavy atom. The average Bonchev–Trinajstić information content (AvgIpc) is 3.21. The molecule has 1 fully saturated rings. The minimum absolute atomic E-state index is 0.142. The number of halogens is 4. The number of thiazole rings is 1. The molecule has 3 aromatic rings. The Bertz CT molecular complexity index is 1080. The molecule has 0 amide bonds. The van der Waals surface area contributed by atoms with Crippen LogP contribution in [-0.2, 0) is 11.0 Å². The fourth-order valence-corrected chi connectivity index (χ4v) is 4.64. The van der Waals surface area contributed by atoms with Gasteiger partial charge in [-0.15, -0.1) is 0 Å². The molecule has 1 aliphatic heterocycles. The molecule has 0 radical (unpaired) electrons. The first kappa shape index (κ1) is 21.3. The maximum atomic E-state index is 13.7. The topological polar surface area (TPSA) is 53.4 Å². The lowest BCUT2D eigenvalue weighted by Crippen LogP contribution is -2.38. The molecule has 0 bridgehead atoms. The van der Waals surface area contributed by atoms with Crippen LogP contribution in [0.4, 0.5) is 22.7 Å². The number of carboxylic acids is 1. The highest BCUT2D eigenvalue weighted by molar-refractivity contribution is 7.16. The molecule has 1 aliphatic rings. The second-order valence-electron chi connectivity index (χ2n) is 7.38. The summed E-state index contributed by atoms with van der Waals surface area (Å²) >= 11 is 0.539. The Labute approximate surface area is 179 Å². The summed E-state index contributed by atoms with van der Waals surface area (Å²) in [6, 6.07) is 12.3. The highest BCUT2D eigenvalue weighted by Gasteiger charge is 2.39. The molecular formula is C22H18F4N2O2S. The molecule has 0 saturated carbocycles. The molecule has 1 aromatic heterocycles. The van der Waals surface area contributed by atoms with E-state index in [0.717, 1.165) is 11.1 Å². The molecule has 4 rings (SSSR count). The van der Waals surface area contributed by atoms with Gasteiger partial charge in [0, 0.05) is 18.7 Å². The maximum absolute atomic E-state index is 13.7. The van der Waals surface area contributed by atoms with Crippen molar-refractivity contribution in [2.24, 2.45) is 5.92 Å². The Kier molecular flexibility index (Phi) is 5.70. The number of nitrogens with zero attached hydrogens (tertiary/aromatic N) is 2. The summed E-state index contributed by atoms with van der Waals surface area (Å²) in [4.78, 5) is 16.4. The van der Waals surface area contributed by atoms with Crippen molar-refractivity contribution in [2.75, 3.05) is 18.0 Å². The lowest BCUT2D eigenvalue weighted by atomic mass is 9.99. The highest BCUT2D eigenvalue weighted by Crippen LogP contribution is 2.44. The third-order valence-corrected chi connectivity index (χ3v) is 6.41. The quantitative estimate of drug-likeness (QED) is 0.500. The van der Waals surface area contributed by atoms with Crippen molar-refractivity contribution >= 4 is 22.4 Å². The number of hydrogen-bond acceptors (Lipinski definition) is 4. The van der Waals surface area contributed by atoms with Crippen LogP contribution in [0, 0.1) is 11.7 Å². The summed E-state index contributed by atoms with van der Waals surface area (Å²) in [6.45, 7) is 0.612. The molecule has 31 heavy (non-hydrogen) atoms. The van der Waals surface area contributed by atoms with Gasteiger partial charge in [0.2, 0.25) is 0 Å². The van der Waals surface area contributed by atoms with Crippen LogP contribution in [0.3, 0.4) is 0 Å². The van der Waals surface area contributed by atoms with Crippen molar-refractivity contribution in [3.8, 4) is 22.4 Å². The molecule has 9 heteroatoms. The minimum Gasteiger partial charge on any atom is -0.481 e. The number of piperidine rings is 1. The summed E-state index contributed by atoms with van der Waals surface area (Å²) in [6.07, 6.45) is -3.50. The van der Waals surface area contributed by atoms with E-state index in [9.17, 15) is 27.5 Å². The summed E-state index contributed by atoms with van der Waals surface area (Å²) in [5.74, 6) is -1.94. The monoisotopic (exact) mass is 450 g/mol. The number of hydrogen-bond donors (Lipinski definition) is 1. The Morgan fingerprint density at radius 3 is 2.19 bits per heavy atom. The van der Waals surface area contributed by atoms with E-state index in [1.165, 1.54) is 12.1 Å². The molecule has 0 aliphatic carbocycles. The van der Waals surface area contributed by atoms with E-state index in [2.05, 4.69) is 4.98 Å². The summed E-state index contributed by atoms with van der Waals surface area (Å²) < 4.78 is 54.3. The average molecular weight is 450 g/mol. The number of alkyl halides is 3. The highest BCUT2D eigenvalue weighted by atomic mass is 32.1. The van der Waals surface area contributed by atoms with Crippen molar-refractivity contribution in [2.45, 2.75) is 19.0 Å². The number of carbonyl (C=O) groups is 1. The van der Waals surface area contributed by atoms with Gasteiger partial charge in [0.1, 0.15) is 10.7 Å². The second-order valence-corrected chi connectivity index (χ2v) is 8.36. The zero-order valence-electron chi connectivity index (χ0n) is 16.2. The van der Waals surface area contributed by atoms with E-state index < -0.39 is 22.9 Å². The van der Waals surface area contributed by atoms with Gasteiger partial charge in [0.15, 0.2) is 5.13 Å². The van der Waals surface area contributed by atoms with Crippen LogP contribution in [0.15, 0.2) is 48.5 Å². The van der Waals surface area contributed by atoms with Crippen molar-refractivity contribution in [3.63, 3.8) is 0 Å². The lowest BCUT2D eigenvalue weighted by molar-refractivity contribution is -0.142. The number of benzene rings is 2. The Hall–Kier alpha value is -2.94. The third-order valence-electron chi connectivity index (χ3n) is 5.25. The molecule has 0 spiro atoms. The predicted molar refractivity (Wildman–Crippen MR) is 111 cm³/mol. The molecular weight excluding hydrogens is 432 g/mol. The van der Waals surface area contributed by atoms with Crippen LogP contribution in [-0.4, -0.2) is 29.1 Å². The number of rotatable bonds is 4. The minimum atomic E-state index is -4.58. The first-order valence-electron chi connectivity index (χ1n) is 9.64. The van der Waals surface area contributed by atoms with Crippen LogP contribution >= 0.6 is 11.3 Å². The van der Waals surface area contributed by atoms with E-state index in [4.69, 9.17) is 0 Å². The largest absolute Gasteiger partial charge is 0.481 e. The van der Waals surface area contributed by atoms with Crippen LogP contribution in [0.5, 0.6) is 0 Å². The summed E-state index contributed by atoms with van der Waals surface area (Å²) in [5.41, 5.74) is 1.63.